The molecular formula is C20H31N3O2. The summed E-state index contributed by atoms with van der Waals surface area (Å²) in [4.78, 5) is 24.2. The summed E-state index contributed by atoms with van der Waals surface area (Å²) >= 11 is 0. The van der Waals surface area contributed by atoms with Crippen molar-refractivity contribution < 1.29 is 9.59 Å². The molecule has 2 rings (SSSR count). The van der Waals surface area contributed by atoms with Gasteiger partial charge >= 0.3 is 0 Å². The summed E-state index contributed by atoms with van der Waals surface area (Å²) < 4.78 is 0. The number of nitrogens with one attached hydrogen (secondary N) is 3. The highest BCUT2D eigenvalue weighted by Gasteiger charge is 2.22. The predicted molar refractivity (Wildman–Crippen MR) is 102 cm³/mol. The van der Waals surface area contributed by atoms with Gasteiger partial charge in [0.05, 0.1) is 6.54 Å². The van der Waals surface area contributed by atoms with E-state index in [0.717, 1.165) is 12.1 Å². The molecule has 1 aromatic rings. The van der Waals surface area contributed by atoms with Gasteiger partial charge in [-0.3, -0.25) is 9.59 Å². The first kappa shape index (κ1) is 19.3. The van der Waals surface area contributed by atoms with Crippen molar-refractivity contribution in [2.75, 3.05) is 11.9 Å². The Balaban J connectivity index is 1.81. The second-order valence-corrected chi connectivity index (χ2v) is 8.07. The molecule has 25 heavy (non-hydrogen) atoms. The number of rotatable bonds is 5. The summed E-state index contributed by atoms with van der Waals surface area (Å²) in [5.41, 5.74) is 1.18. The Hall–Kier alpha value is -2.04. The van der Waals surface area contributed by atoms with Crippen molar-refractivity contribution in [3.63, 3.8) is 0 Å². The van der Waals surface area contributed by atoms with Gasteiger partial charge in [-0.15, -0.1) is 0 Å². The molecule has 0 heterocycles. The van der Waals surface area contributed by atoms with Crippen LogP contribution in [0.25, 0.3) is 0 Å². The van der Waals surface area contributed by atoms with E-state index >= 15 is 0 Å². The summed E-state index contributed by atoms with van der Waals surface area (Å²) in [6, 6.07) is 7.49. The van der Waals surface area contributed by atoms with Crippen molar-refractivity contribution in [3.05, 3.63) is 29.8 Å². The number of amides is 2. The molecule has 0 radical (unpaired) electrons. The molecule has 1 fully saturated rings. The lowest BCUT2D eigenvalue weighted by molar-refractivity contribution is -0.120. The van der Waals surface area contributed by atoms with Crippen molar-refractivity contribution in [2.45, 2.75) is 65.0 Å². The van der Waals surface area contributed by atoms with Gasteiger partial charge in [-0.25, -0.2) is 0 Å². The van der Waals surface area contributed by atoms with Crippen molar-refractivity contribution in [3.8, 4) is 0 Å². The van der Waals surface area contributed by atoms with Crippen LogP contribution in [0, 0.1) is 5.92 Å². The molecule has 0 spiro atoms. The third kappa shape index (κ3) is 6.40. The number of anilines is 1. The molecule has 0 aromatic heterocycles. The van der Waals surface area contributed by atoms with Crippen LogP contribution in [0.1, 0.15) is 63.7 Å². The third-order valence-electron chi connectivity index (χ3n) is 4.55. The Bertz CT molecular complexity index is 590. The average Bonchev–Trinajstić information content (AvgIpc) is 2.54. The quantitative estimate of drug-likeness (QED) is 0.767. The molecule has 1 saturated carbocycles. The van der Waals surface area contributed by atoms with E-state index in [9.17, 15) is 9.59 Å². The Labute approximate surface area is 151 Å². The minimum absolute atomic E-state index is 0.0216. The van der Waals surface area contributed by atoms with Gasteiger partial charge in [-0.05, 0) is 63.8 Å². The Morgan fingerprint density at radius 1 is 1.08 bits per heavy atom. The molecule has 5 nitrogen and oxygen atoms in total. The summed E-state index contributed by atoms with van der Waals surface area (Å²) in [5.74, 6) is 0.481. The van der Waals surface area contributed by atoms with Crippen molar-refractivity contribution >= 4 is 17.5 Å². The van der Waals surface area contributed by atoms with E-state index in [2.05, 4.69) is 22.9 Å². The van der Waals surface area contributed by atoms with Gasteiger partial charge in [-0.1, -0.05) is 19.8 Å². The van der Waals surface area contributed by atoms with Gasteiger partial charge < -0.3 is 16.0 Å². The molecule has 5 heteroatoms. The Kier molecular flexibility index (Phi) is 6.45. The van der Waals surface area contributed by atoms with Gasteiger partial charge in [0.25, 0.3) is 5.91 Å². The lowest BCUT2D eigenvalue weighted by Crippen LogP contribution is -2.43. The standard InChI is InChI=1S/C20H31N3O2/c1-14-7-5-6-8-17(14)22-18(24)13-21-16-11-9-15(10-12-16)19(25)23-20(2,3)4/h9-12,14,17,21H,5-8,13H2,1-4H3,(H,22,24)(H,23,25)/t14-,17+/m0/s1. The highest BCUT2D eigenvalue weighted by Crippen LogP contribution is 2.23. The zero-order chi connectivity index (χ0) is 18.4. The van der Waals surface area contributed by atoms with Gasteiger partial charge in [0, 0.05) is 22.8 Å². The lowest BCUT2D eigenvalue weighted by Gasteiger charge is -2.29. The van der Waals surface area contributed by atoms with Crippen LogP contribution in [-0.4, -0.2) is 29.9 Å². The van der Waals surface area contributed by atoms with Crippen LogP contribution in [0.5, 0.6) is 0 Å². The van der Waals surface area contributed by atoms with E-state index in [-0.39, 0.29) is 23.9 Å². The maximum absolute atomic E-state index is 12.1. The normalized spacial score (nSPS) is 20.6. The highest BCUT2D eigenvalue weighted by atomic mass is 16.2. The largest absolute Gasteiger partial charge is 0.376 e. The Morgan fingerprint density at radius 2 is 1.72 bits per heavy atom. The minimum atomic E-state index is -0.262. The number of benzene rings is 1. The van der Waals surface area contributed by atoms with Gasteiger partial charge in [0.2, 0.25) is 5.91 Å². The fourth-order valence-electron chi connectivity index (χ4n) is 3.12. The van der Waals surface area contributed by atoms with Crippen LogP contribution >= 0.6 is 0 Å². The topological polar surface area (TPSA) is 70.2 Å². The summed E-state index contributed by atoms with van der Waals surface area (Å²) in [6.45, 7) is 8.31. The first-order valence-electron chi connectivity index (χ1n) is 9.20. The van der Waals surface area contributed by atoms with Crippen LogP contribution in [-0.2, 0) is 4.79 Å². The fraction of sp³-hybridized carbons (Fsp3) is 0.600. The first-order chi connectivity index (χ1) is 11.7. The van der Waals surface area contributed by atoms with Gasteiger partial charge in [0.15, 0.2) is 0 Å². The predicted octanol–water partition coefficient (Wildman–Crippen LogP) is 3.32. The summed E-state index contributed by atoms with van der Waals surface area (Å²) in [6.07, 6.45) is 4.72. The lowest BCUT2D eigenvalue weighted by atomic mass is 9.86. The molecule has 2 atom stereocenters. The van der Waals surface area contributed by atoms with E-state index in [1.165, 1.54) is 19.3 Å². The van der Waals surface area contributed by atoms with Crippen LogP contribution in [0.3, 0.4) is 0 Å². The van der Waals surface area contributed by atoms with E-state index in [0.29, 0.717) is 17.5 Å². The van der Waals surface area contributed by atoms with Crippen molar-refractivity contribution in [1.29, 1.82) is 0 Å². The molecule has 0 saturated heterocycles. The molecule has 3 N–H and O–H groups in total. The van der Waals surface area contributed by atoms with E-state index in [4.69, 9.17) is 0 Å². The molecule has 1 aliphatic rings. The van der Waals surface area contributed by atoms with Gasteiger partial charge in [-0.2, -0.15) is 0 Å². The molecule has 0 bridgehead atoms. The van der Waals surface area contributed by atoms with Crippen LogP contribution in [0.2, 0.25) is 0 Å². The minimum Gasteiger partial charge on any atom is -0.376 e. The van der Waals surface area contributed by atoms with E-state index in [1.807, 2.05) is 32.9 Å². The molecule has 0 unspecified atom stereocenters. The first-order valence-corrected chi connectivity index (χ1v) is 9.20. The zero-order valence-corrected chi connectivity index (χ0v) is 15.8. The van der Waals surface area contributed by atoms with Gasteiger partial charge in [0.1, 0.15) is 0 Å². The summed E-state index contributed by atoms with van der Waals surface area (Å²) in [7, 11) is 0. The fourth-order valence-corrected chi connectivity index (χ4v) is 3.12. The van der Waals surface area contributed by atoms with Crippen molar-refractivity contribution in [1.82, 2.24) is 10.6 Å². The molecule has 138 valence electrons. The maximum Gasteiger partial charge on any atom is 0.251 e. The second-order valence-electron chi connectivity index (χ2n) is 8.07. The zero-order valence-electron chi connectivity index (χ0n) is 15.8. The molecular weight excluding hydrogens is 314 g/mol. The molecule has 2 amide bonds. The smallest absolute Gasteiger partial charge is 0.251 e. The molecule has 1 aliphatic carbocycles. The van der Waals surface area contributed by atoms with Crippen LogP contribution < -0.4 is 16.0 Å². The number of carbonyl (C=O) groups is 2. The number of hydrogen-bond acceptors (Lipinski definition) is 3. The number of carbonyl (C=O) groups excluding carboxylic acids is 2. The molecule has 1 aromatic carbocycles. The average molecular weight is 345 g/mol. The maximum atomic E-state index is 12.1. The Morgan fingerprint density at radius 3 is 2.32 bits per heavy atom. The second kappa shape index (κ2) is 8.37. The van der Waals surface area contributed by atoms with E-state index in [1.54, 1.807) is 12.1 Å². The summed E-state index contributed by atoms with van der Waals surface area (Å²) in [5, 5.41) is 9.18. The van der Waals surface area contributed by atoms with Crippen LogP contribution in [0.15, 0.2) is 24.3 Å². The van der Waals surface area contributed by atoms with E-state index < -0.39 is 0 Å². The number of hydrogen-bond donors (Lipinski definition) is 3. The SMILES string of the molecule is C[C@H]1CCCC[C@H]1NC(=O)CNc1ccc(C(=O)NC(C)(C)C)cc1. The molecule has 0 aliphatic heterocycles. The van der Waals surface area contributed by atoms with Crippen LogP contribution in [0.4, 0.5) is 5.69 Å². The highest BCUT2D eigenvalue weighted by molar-refractivity contribution is 5.95. The monoisotopic (exact) mass is 345 g/mol. The van der Waals surface area contributed by atoms with Crippen molar-refractivity contribution in [2.24, 2.45) is 5.92 Å². The third-order valence-corrected chi connectivity index (χ3v) is 4.55.